The maximum atomic E-state index is 13.2. The molecule has 1 saturated heterocycles. The Morgan fingerprint density at radius 1 is 1.07 bits per heavy atom. The van der Waals surface area contributed by atoms with E-state index < -0.39 is 17.6 Å². The summed E-state index contributed by atoms with van der Waals surface area (Å²) in [4.78, 5) is 6.13. The van der Waals surface area contributed by atoms with Crippen molar-refractivity contribution in [3.05, 3.63) is 65.7 Å². The fourth-order valence-electron chi connectivity index (χ4n) is 3.22. The Balaban J connectivity index is 0.000000184. The third kappa shape index (κ3) is 6.01. The number of fused-ring (bicyclic) bond motifs is 1. The molecule has 0 unspecified atom stereocenters. The molecular weight excluding hydrogens is 402 g/mol. The van der Waals surface area contributed by atoms with Gasteiger partial charge in [0.1, 0.15) is 5.82 Å². The maximum absolute atomic E-state index is 13.2. The van der Waals surface area contributed by atoms with Gasteiger partial charge in [-0.15, -0.1) is 0 Å². The number of halogens is 4. The van der Waals surface area contributed by atoms with Crippen LogP contribution in [0.25, 0.3) is 11.0 Å². The van der Waals surface area contributed by atoms with Crippen molar-refractivity contribution in [2.45, 2.75) is 19.3 Å². The number of aromatic nitrogens is 2. The standard InChI is InChI=1S/C12H13F4NO.C9H10N2O/c13-11-6-9(5-10(7-11)12(14,15)16)8-17-1-3-18-4-2-17;12-6-5-11-7-10-8-3-1-2-4-9(8)11/h5-7H,1-4,8H2;1-4,7,12H,5-6H2. The largest absolute Gasteiger partial charge is 0.416 e. The first-order valence-electron chi connectivity index (χ1n) is 9.54. The summed E-state index contributed by atoms with van der Waals surface area (Å²) in [6.45, 7) is 3.49. The first-order valence-corrected chi connectivity index (χ1v) is 9.54. The van der Waals surface area contributed by atoms with Gasteiger partial charge in [-0.25, -0.2) is 9.37 Å². The predicted octanol–water partition coefficient (Wildman–Crippen LogP) is 3.71. The lowest BCUT2D eigenvalue weighted by Crippen LogP contribution is -2.35. The summed E-state index contributed by atoms with van der Waals surface area (Å²) in [6.07, 6.45) is -2.76. The van der Waals surface area contributed by atoms with Gasteiger partial charge in [0.2, 0.25) is 0 Å². The van der Waals surface area contributed by atoms with Crippen molar-refractivity contribution in [3.8, 4) is 0 Å². The molecule has 162 valence electrons. The van der Waals surface area contributed by atoms with Crippen LogP contribution in [0.3, 0.4) is 0 Å². The monoisotopic (exact) mass is 425 g/mol. The molecule has 2 aromatic carbocycles. The molecule has 0 bridgehead atoms. The minimum Gasteiger partial charge on any atom is -0.395 e. The molecule has 1 N–H and O–H groups in total. The minimum atomic E-state index is -4.51. The Morgan fingerprint density at radius 2 is 1.80 bits per heavy atom. The molecule has 0 aliphatic carbocycles. The summed E-state index contributed by atoms with van der Waals surface area (Å²) in [7, 11) is 0. The molecule has 0 atom stereocenters. The predicted molar refractivity (Wildman–Crippen MR) is 104 cm³/mol. The van der Waals surface area contributed by atoms with Crippen LogP contribution in [0.5, 0.6) is 0 Å². The van der Waals surface area contributed by atoms with E-state index in [9.17, 15) is 17.6 Å². The van der Waals surface area contributed by atoms with Crippen LogP contribution >= 0.6 is 0 Å². The number of alkyl halides is 3. The van der Waals surface area contributed by atoms with E-state index in [4.69, 9.17) is 9.84 Å². The van der Waals surface area contributed by atoms with Gasteiger partial charge in [-0.05, 0) is 35.9 Å². The van der Waals surface area contributed by atoms with Gasteiger partial charge < -0.3 is 14.4 Å². The second kappa shape index (κ2) is 10.0. The van der Waals surface area contributed by atoms with E-state index in [2.05, 4.69) is 4.98 Å². The van der Waals surface area contributed by atoms with Gasteiger partial charge in [0, 0.05) is 26.2 Å². The molecule has 30 heavy (non-hydrogen) atoms. The van der Waals surface area contributed by atoms with E-state index in [1.165, 1.54) is 0 Å². The van der Waals surface area contributed by atoms with E-state index in [1.807, 2.05) is 33.7 Å². The number of rotatable bonds is 4. The van der Waals surface area contributed by atoms with Gasteiger partial charge >= 0.3 is 6.18 Å². The summed E-state index contributed by atoms with van der Waals surface area (Å²) >= 11 is 0. The second-order valence-corrected chi connectivity index (χ2v) is 6.88. The number of hydrogen-bond donors (Lipinski definition) is 1. The van der Waals surface area contributed by atoms with Crippen LogP contribution in [-0.4, -0.2) is 52.5 Å². The normalized spacial score (nSPS) is 15.1. The van der Waals surface area contributed by atoms with Crippen LogP contribution in [0.4, 0.5) is 17.6 Å². The number of aliphatic hydroxyl groups excluding tert-OH is 1. The minimum absolute atomic E-state index is 0.153. The van der Waals surface area contributed by atoms with Gasteiger partial charge in [0.05, 0.1) is 42.7 Å². The fourth-order valence-corrected chi connectivity index (χ4v) is 3.22. The lowest BCUT2D eigenvalue weighted by molar-refractivity contribution is -0.137. The average Bonchev–Trinajstić information content (AvgIpc) is 3.12. The van der Waals surface area contributed by atoms with Gasteiger partial charge in [0.25, 0.3) is 0 Å². The Bertz CT molecular complexity index is 953. The van der Waals surface area contributed by atoms with Crippen LogP contribution in [0.2, 0.25) is 0 Å². The van der Waals surface area contributed by atoms with E-state index >= 15 is 0 Å². The molecule has 2 heterocycles. The van der Waals surface area contributed by atoms with Crippen LogP contribution in [0, 0.1) is 5.82 Å². The number of ether oxygens (including phenoxy) is 1. The molecule has 0 radical (unpaired) electrons. The lowest BCUT2D eigenvalue weighted by Gasteiger charge is -2.26. The number of hydrogen-bond acceptors (Lipinski definition) is 4. The van der Waals surface area contributed by atoms with Crippen molar-refractivity contribution < 1.29 is 27.4 Å². The van der Waals surface area contributed by atoms with Gasteiger partial charge in [0.15, 0.2) is 0 Å². The molecular formula is C21H23F4N3O2. The highest BCUT2D eigenvalue weighted by Crippen LogP contribution is 2.30. The molecule has 4 rings (SSSR count). The summed E-state index contributed by atoms with van der Waals surface area (Å²) in [5, 5.41) is 8.75. The lowest BCUT2D eigenvalue weighted by atomic mass is 10.1. The van der Waals surface area contributed by atoms with Crippen molar-refractivity contribution in [1.82, 2.24) is 14.5 Å². The number of imidazole rings is 1. The van der Waals surface area contributed by atoms with Crippen LogP contribution in [0.15, 0.2) is 48.8 Å². The first-order chi connectivity index (χ1) is 14.4. The van der Waals surface area contributed by atoms with E-state index in [0.717, 1.165) is 23.2 Å². The zero-order valence-corrected chi connectivity index (χ0v) is 16.3. The smallest absolute Gasteiger partial charge is 0.395 e. The van der Waals surface area contributed by atoms with Crippen molar-refractivity contribution >= 4 is 11.0 Å². The molecule has 1 aliphatic rings. The molecule has 3 aromatic rings. The summed E-state index contributed by atoms with van der Waals surface area (Å²) in [5.74, 6) is -0.854. The molecule has 5 nitrogen and oxygen atoms in total. The topological polar surface area (TPSA) is 50.5 Å². The van der Waals surface area contributed by atoms with Crippen LogP contribution in [-0.2, 0) is 24.0 Å². The molecule has 1 aromatic heterocycles. The number of para-hydroxylation sites is 2. The quantitative estimate of drug-likeness (QED) is 0.648. The maximum Gasteiger partial charge on any atom is 0.416 e. The SMILES string of the molecule is Fc1cc(CN2CCOCC2)cc(C(F)(F)F)c1.OCCn1cnc2ccccc21. The molecule has 0 amide bonds. The highest BCUT2D eigenvalue weighted by molar-refractivity contribution is 5.74. The molecule has 0 saturated carbocycles. The molecule has 1 fully saturated rings. The van der Waals surface area contributed by atoms with Crippen LogP contribution < -0.4 is 0 Å². The second-order valence-electron chi connectivity index (χ2n) is 6.88. The number of morpholine rings is 1. The van der Waals surface area contributed by atoms with Gasteiger partial charge in [-0.1, -0.05) is 12.1 Å². The summed E-state index contributed by atoms with van der Waals surface area (Å²) < 4.78 is 57.8. The van der Waals surface area contributed by atoms with Crippen molar-refractivity contribution in [2.24, 2.45) is 0 Å². The van der Waals surface area contributed by atoms with E-state index in [-0.39, 0.29) is 6.61 Å². The summed E-state index contributed by atoms with van der Waals surface area (Å²) in [5.41, 5.74) is 1.45. The average molecular weight is 425 g/mol. The van der Waals surface area contributed by atoms with Gasteiger partial charge in [-0.2, -0.15) is 13.2 Å². The highest BCUT2D eigenvalue weighted by Gasteiger charge is 2.31. The van der Waals surface area contributed by atoms with E-state index in [0.29, 0.717) is 51.0 Å². The Kier molecular flexibility index (Phi) is 7.41. The highest BCUT2D eigenvalue weighted by atomic mass is 19.4. The molecule has 1 aliphatic heterocycles. The van der Waals surface area contributed by atoms with Crippen molar-refractivity contribution in [1.29, 1.82) is 0 Å². The number of nitrogens with zero attached hydrogens (tertiary/aromatic N) is 3. The molecule has 0 spiro atoms. The summed E-state index contributed by atoms with van der Waals surface area (Å²) in [6, 6.07) is 10.5. The van der Waals surface area contributed by atoms with Crippen molar-refractivity contribution in [3.63, 3.8) is 0 Å². The Labute approximate surface area is 171 Å². The zero-order chi connectivity index (χ0) is 21.6. The third-order valence-electron chi connectivity index (χ3n) is 4.66. The Hall–Kier alpha value is -2.49. The Morgan fingerprint density at radius 3 is 2.50 bits per heavy atom. The van der Waals surface area contributed by atoms with E-state index in [1.54, 1.807) is 6.33 Å². The van der Waals surface area contributed by atoms with Crippen molar-refractivity contribution in [2.75, 3.05) is 32.9 Å². The number of benzene rings is 2. The fraction of sp³-hybridized carbons (Fsp3) is 0.381. The van der Waals surface area contributed by atoms with Crippen LogP contribution in [0.1, 0.15) is 11.1 Å². The van der Waals surface area contributed by atoms with Gasteiger partial charge in [-0.3, -0.25) is 4.90 Å². The number of aliphatic hydroxyl groups is 1. The first kappa shape index (κ1) is 22.2. The third-order valence-corrected chi connectivity index (χ3v) is 4.66. The zero-order valence-electron chi connectivity index (χ0n) is 16.3. The molecule has 9 heteroatoms.